The molecule has 0 spiro atoms. The predicted octanol–water partition coefficient (Wildman–Crippen LogP) is 2.81. The van der Waals surface area contributed by atoms with E-state index in [9.17, 15) is 14.7 Å². The molecule has 0 aliphatic carbocycles. The highest BCUT2D eigenvalue weighted by molar-refractivity contribution is 14.1. The van der Waals surface area contributed by atoms with E-state index in [4.69, 9.17) is 9.47 Å². The Morgan fingerprint density at radius 1 is 1.28 bits per heavy atom. The second-order valence-corrected chi connectivity index (χ2v) is 7.06. The Morgan fingerprint density at radius 2 is 2.00 bits per heavy atom. The standard InChI is InChI=1S/C20H22IN3O5/c1-3-29-20(27)23-16(10-13-7-5-4-6-8-13)19(26)24-22-12-14-9-15(21)18(25)17(11-14)28-2/h4-9,11-12,16,25H,3,10H2,1-2H3,(H,23,27)(H,24,26)/b22-12-/t16-/m0/s1. The molecule has 0 aliphatic rings. The Balaban J connectivity index is 2.09. The van der Waals surface area contributed by atoms with Crippen molar-refractivity contribution in [2.45, 2.75) is 19.4 Å². The van der Waals surface area contributed by atoms with Crippen molar-refractivity contribution in [2.24, 2.45) is 5.10 Å². The SMILES string of the molecule is CCOC(=O)N[C@@H](Cc1ccccc1)C(=O)N/N=C\c1cc(I)c(O)c(OC)c1. The number of ether oxygens (including phenoxy) is 2. The van der Waals surface area contributed by atoms with Gasteiger partial charge in [-0.25, -0.2) is 10.2 Å². The summed E-state index contributed by atoms with van der Waals surface area (Å²) in [4.78, 5) is 24.4. The molecule has 2 aromatic rings. The van der Waals surface area contributed by atoms with Crippen LogP contribution in [0.3, 0.4) is 0 Å². The molecule has 2 amide bonds. The number of nitrogens with one attached hydrogen (secondary N) is 2. The number of carbonyl (C=O) groups excluding carboxylic acids is 2. The van der Waals surface area contributed by atoms with Crippen molar-refractivity contribution in [1.29, 1.82) is 0 Å². The molecule has 29 heavy (non-hydrogen) atoms. The van der Waals surface area contributed by atoms with Crippen LogP contribution in [0.4, 0.5) is 4.79 Å². The fraction of sp³-hybridized carbons (Fsp3) is 0.250. The number of halogens is 1. The molecule has 0 aromatic heterocycles. The third-order valence-corrected chi connectivity index (χ3v) is 4.65. The number of methoxy groups -OCH3 is 1. The first-order valence-corrected chi connectivity index (χ1v) is 9.89. The summed E-state index contributed by atoms with van der Waals surface area (Å²) in [6.07, 6.45) is 1.03. The maximum atomic E-state index is 12.6. The minimum Gasteiger partial charge on any atom is -0.504 e. The Hall–Kier alpha value is -2.82. The first-order valence-electron chi connectivity index (χ1n) is 8.81. The molecule has 0 radical (unpaired) electrons. The van der Waals surface area contributed by atoms with Gasteiger partial charge in [0.1, 0.15) is 6.04 Å². The fourth-order valence-corrected chi connectivity index (χ4v) is 3.07. The van der Waals surface area contributed by atoms with Crippen LogP contribution >= 0.6 is 22.6 Å². The van der Waals surface area contributed by atoms with Crippen LogP contribution in [0, 0.1) is 3.57 Å². The minimum absolute atomic E-state index is 0.0378. The fourth-order valence-electron chi connectivity index (χ4n) is 2.45. The first kappa shape index (κ1) is 22.5. The molecule has 154 valence electrons. The second kappa shape index (κ2) is 11.2. The normalized spacial score (nSPS) is 11.7. The van der Waals surface area contributed by atoms with Crippen molar-refractivity contribution in [3.05, 3.63) is 57.2 Å². The Morgan fingerprint density at radius 3 is 2.66 bits per heavy atom. The van der Waals surface area contributed by atoms with E-state index in [0.717, 1.165) is 5.56 Å². The number of rotatable bonds is 8. The summed E-state index contributed by atoms with van der Waals surface area (Å²) in [7, 11) is 1.45. The zero-order valence-electron chi connectivity index (χ0n) is 16.0. The molecular formula is C20H22IN3O5. The van der Waals surface area contributed by atoms with Gasteiger partial charge in [0.15, 0.2) is 11.5 Å². The van der Waals surface area contributed by atoms with Gasteiger partial charge in [-0.05, 0) is 52.8 Å². The zero-order chi connectivity index (χ0) is 21.2. The number of phenols is 1. The lowest BCUT2D eigenvalue weighted by Gasteiger charge is -2.16. The van der Waals surface area contributed by atoms with Crippen LogP contribution in [0.2, 0.25) is 0 Å². The molecule has 0 unspecified atom stereocenters. The number of phenolic OH excluding ortho intramolecular Hbond substituents is 1. The van der Waals surface area contributed by atoms with E-state index in [2.05, 4.69) is 15.8 Å². The summed E-state index contributed by atoms with van der Waals surface area (Å²) in [5.41, 5.74) is 3.93. The van der Waals surface area contributed by atoms with Crippen molar-refractivity contribution < 1.29 is 24.2 Å². The van der Waals surface area contributed by atoms with E-state index in [0.29, 0.717) is 14.9 Å². The van der Waals surface area contributed by atoms with Crippen molar-refractivity contribution in [3.63, 3.8) is 0 Å². The van der Waals surface area contributed by atoms with Gasteiger partial charge < -0.3 is 19.9 Å². The number of amides is 2. The quantitative estimate of drug-likeness (QED) is 0.287. The van der Waals surface area contributed by atoms with Gasteiger partial charge >= 0.3 is 6.09 Å². The average Bonchev–Trinajstić information content (AvgIpc) is 2.70. The molecule has 0 aliphatic heterocycles. The van der Waals surface area contributed by atoms with Crippen molar-refractivity contribution in [2.75, 3.05) is 13.7 Å². The van der Waals surface area contributed by atoms with E-state index < -0.39 is 18.0 Å². The second-order valence-electron chi connectivity index (χ2n) is 5.89. The van der Waals surface area contributed by atoms with Gasteiger partial charge in [0, 0.05) is 6.42 Å². The minimum atomic E-state index is -0.858. The van der Waals surface area contributed by atoms with Crippen LogP contribution in [-0.4, -0.2) is 43.1 Å². The lowest BCUT2D eigenvalue weighted by Crippen LogP contribution is -2.47. The molecule has 0 saturated heterocycles. The van der Waals surface area contributed by atoms with E-state index >= 15 is 0 Å². The maximum Gasteiger partial charge on any atom is 0.407 e. The highest BCUT2D eigenvalue weighted by Gasteiger charge is 2.21. The molecule has 9 heteroatoms. The number of nitrogens with zero attached hydrogens (tertiary/aromatic N) is 1. The molecule has 0 heterocycles. The Labute approximate surface area is 182 Å². The first-order chi connectivity index (χ1) is 13.9. The highest BCUT2D eigenvalue weighted by Crippen LogP contribution is 2.31. The van der Waals surface area contributed by atoms with E-state index in [1.807, 2.05) is 52.9 Å². The van der Waals surface area contributed by atoms with Crippen molar-refractivity contribution in [3.8, 4) is 11.5 Å². The maximum absolute atomic E-state index is 12.6. The van der Waals surface area contributed by atoms with Crippen molar-refractivity contribution in [1.82, 2.24) is 10.7 Å². The summed E-state index contributed by atoms with van der Waals surface area (Å²) < 4.78 is 10.6. The van der Waals surface area contributed by atoms with Crippen LogP contribution in [0.15, 0.2) is 47.6 Å². The van der Waals surface area contributed by atoms with Gasteiger partial charge in [-0.3, -0.25) is 4.79 Å². The van der Waals surface area contributed by atoms with Gasteiger partial charge in [0.2, 0.25) is 0 Å². The molecule has 0 fully saturated rings. The molecule has 3 N–H and O–H groups in total. The molecule has 8 nitrogen and oxygen atoms in total. The van der Waals surface area contributed by atoms with Crippen LogP contribution in [0.1, 0.15) is 18.1 Å². The average molecular weight is 511 g/mol. The largest absolute Gasteiger partial charge is 0.504 e. The lowest BCUT2D eigenvalue weighted by atomic mass is 10.1. The molecule has 0 bridgehead atoms. The number of carbonyl (C=O) groups is 2. The highest BCUT2D eigenvalue weighted by atomic mass is 127. The summed E-state index contributed by atoms with van der Waals surface area (Å²) in [5.74, 6) is -0.148. The number of hydrazone groups is 1. The number of hydrogen-bond acceptors (Lipinski definition) is 6. The lowest BCUT2D eigenvalue weighted by molar-refractivity contribution is -0.123. The van der Waals surface area contributed by atoms with Crippen LogP contribution in [0.5, 0.6) is 11.5 Å². The van der Waals surface area contributed by atoms with Gasteiger partial charge in [-0.15, -0.1) is 0 Å². The number of benzene rings is 2. The summed E-state index contributed by atoms with van der Waals surface area (Å²) in [5, 5.41) is 16.4. The summed E-state index contributed by atoms with van der Waals surface area (Å²) >= 11 is 1.97. The molecule has 1 atom stereocenters. The van der Waals surface area contributed by atoms with Crippen LogP contribution in [-0.2, 0) is 16.0 Å². The van der Waals surface area contributed by atoms with Crippen LogP contribution < -0.4 is 15.5 Å². The van der Waals surface area contributed by atoms with Gasteiger partial charge in [-0.2, -0.15) is 5.10 Å². The Kier molecular flexibility index (Phi) is 8.71. The van der Waals surface area contributed by atoms with Gasteiger partial charge in [0.25, 0.3) is 5.91 Å². The molecule has 0 saturated carbocycles. The van der Waals surface area contributed by atoms with E-state index in [1.165, 1.54) is 13.3 Å². The van der Waals surface area contributed by atoms with Crippen molar-refractivity contribution >= 4 is 40.8 Å². The monoisotopic (exact) mass is 511 g/mol. The third-order valence-electron chi connectivity index (χ3n) is 3.83. The number of aromatic hydroxyl groups is 1. The topological polar surface area (TPSA) is 109 Å². The molecule has 2 aromatic carbocycles. The summed E-state index contributed by atoms with van der Waals surface area (Å²) in [6.45, 7) is 1.88. The molecular weight excluding hydrogens is 489 g/mol. The number of alkyl carbamates (subject to hydrolysis) is 1. The summed E-state index contributed by atoms with van der Waals surface area (Å²) in [6, 6.07) is 11.7. The molecule has 2 rings (SSSR count). The van der Waals surface area contributed by atoms with E-state index in [1.54, 1.807) is 19.1 Å². The van der Waals surface area contributed by atoms with Gasteiger partial charge in [0.05, 0.1) is 23.5 Å². The number of hydrogen-bond donors (Lipinski definition) is 3. The van der Waals surface area contributed by atoms with Crippen LogP contribution in [0.25, 0.3) is 0 Å². The smallest absolute Gasteiger partial charge is 0.407 e. The predicted molar refractivity (Wildman–Crippen MR) is 117 cm³/mol. The van der Waals surface area contributed by atoms with Gasteiger partial charge in [-0.1, -0.05) is 30.3 Å². The third kappa shape index (κ3) is 6.93. The zero-order valence-corrected chi connectivity index (χ0v) is 18.2. The van der Waals surface area contributed by atoms with E-state index in [-0.39, 0.29) is 18.8 Å². The Bertz CT molecular complexity index is 874.